The van der Waals surface area contributed by atoms with Crippen molar-refractivity contribution in [3.8, 4) is 0 Å². The van der Waals surface area contributed by atoms with Crippen LogP contribution in [0.4, 0.5) is 0 Å². The van der Waals surface area contributed by atoms with Crippen LogP contribution in [0.25, 0.3) is 0 Å². The van der Waals surface area contributed by atoms with Gasteiger partial charge in [0.1, 0.15) is 12.2 Å². The Morgan fingerprint density at radius 1 is 1.50 bits per heavy atom. The molecule has 0 amide bonds. The largest absolute Gasteiger partial charge is 0.381 e. The van der Waals surface area contributed by atoms with Gasteiger partial charge in [-0.05, 0) is 12.8 Å². The molecule has 1 aromatic heterocycles. The van der Waals surface area contributed by atoms with Gasteiger partial charge in [0.2, 0.25) is 0 Å². The number of hydrogen-bond donors (Lipinski definition) is 1. The lowest BCUT2D eigenvalue weighted by molar-refractivity contribution is 0.187. The first-order chi connectivity index (χ1) is 11.7. The monoisotopic (exact) mass is 336 g/mol. The number of nitrogens with one attached hydrogen (secondary N) is 1. The fourth-order valence-corrected chi connectivity index (χ4v) is 2.78. The van der Waals surface area contributed by atoms with Crippen molar-refractivity contribution in [2.75, 3.05) is 39.9 Å². The van der Waals surface area contributed by atoms with Gasteiger partial charge < -0.3 is 19.5 Å². The quantitative estimate of drug-likeness (QED) is 0.547. The number of aromatic nitrogens is 3. The fraction of sp³-hybridized carbons (Fsp3) is 0.824. The van der Waals surface area contributed by atoms with Crippen LogP contribution in [0.5, 0.6) is 0 Å². The second kappa shape index (κ2) is 10.3. The van der Waals surface area contributed by atoms with Crippen molar-refractivity contribution in [3.05, 3.63) is 12.2 Å². The van der Waals surface area contributed by atoms with Crippen molar-refractivity contribution < 1.29 is 4.74 Å². The molecule has 1 N–H and O–H groups in total. The highest BCUT2D eigenvalue weighted by molar-refractivity contribution is 5.79. The smallest absolute Gasteiger partial charge is 0.193 e. The van der Waals surface area contributed by atoms with E-state index in [2.05, 4.69) is 45.9 Å². The Balaban J connectivity index is 1.87. The number of aryl methyl sites for hydroxylation is 1. The first kappa shape index (κ1) is 18.7. The highest BCUT2D eigenvalue weighted by Gasteiger charge is 2.16. The van der Waals surface area contributed by atoms with Crippen molar-refractivity contribution >= 4 is 5.96 Å². The maximum atomic E-state index is 5.45. The molecule has 7 heteroatoms. The molecule has 24 heavy (non-hydrogen) atoms. The Morgan fingerprint density at radius 2 is 2.38 bits per heavy atom. The Bertz CT molecular complexity index is 495. The number of aliphatic imine (C=N–C) groups is 1. The highest BCUT2D eigenvalue weighted by atomic mass is 16.5. The van der Waals surface area contributed by atoms with Crippen LogP contribution < -0.4 is 5.32 Å². The van der Waals surface area contributed by atoms with Crippen LogP contribution in [0.3, 0.4) is 0 Å². The zero-order chi connectivity index (χ0) is 17.2. The third kappa shape index (κ3) is 5.78. The molecule has 0 saturated carbocycles. The molecule has 0 bridgehead atoms. The second-order valence-electron chi connectivity index (χ2n) is 6.39. The van der Waals surface area contributed by atoms with Crippen molar-refractivity contribution in [1.82, 2.24) is 25.0 Å². The number of ether oxygens (including phenoxy) is 1. The molecule has 7 nitrogen and oxygen atoms in total. The summed E-state index contributed by atoms with van der Waals surface area (Å²) in [6.45, 7) is 9.57. The molecule has 0 aliphatic carbocycles. The molecule has 2 rings (SSSR count). The van der Waals surface area contributed by atoms with Crippen LogP contribution >= 0.6 is 0 Å². The SMILES string of the molecule is CCCCN(C)C(=NCC1CCOC1)NCCn1cnnc1CC. The van der Waals surface area contributed by atoms with Crippen LogP contribution in [0.1, 0.15) is 38.9 Å². The molecule has 1 aliphatic heterocycles. The van der Waals surface area contributed by atoms with Gasteiger partial charge in [-0.25, -0.2) is 0 Å². The zero-order valence-corrected chi connectivity index (χ0v) is 15.4. The highest BCUT2D eigenvalue weighted by Crippen LogP contribution is 2.12. The molecule has 0 spiro atoms. The summed E-state index contributed by atoms with van der Waals surface area (Å²) < 4.78 is 7.55. The van der Waals surface area contributed by atoms with Gasteiger partial charge in [-0.3, -0.25) is 4.99 Å². The fourth-order valence-electron chi connectivity index (χ4n) is 2.78. The Hall–Kier alpha value is -1.63. The van der Waals surface area contributed by atoms with Gasteiger partial charge in [-0.2, -0.15) is 0 Å². The van der Waals surface area contributed by atoms with E-state index < -0.39 is 0 Å². The molecule has 136 valence electrons. The van der Waals surface area contributed by atoms with Gasteiger partial charge in [0.25, 0.3) is 0 Å². The van der Waals surface area contributed by atoms with Gasteiger partial charge in [0.15, 0.2) is 5.96 Å². The molecular formula is C17H32N6O. The summed E-state index contributed by atoms with van der Waals surface area (Å²) in [6.07, 6.45) is 6.19. The van der Waals surface area contributed by atoms with Crippen LogP contribution in [0.2, 0.25) is 0 Å². The maximum absolute atomic E-state index is 5.45. The average Bonchev–Trinajstić information content (AvgIpc) is 3.26. The summed E-state index contributed by atoms with van der Waals surface area (Å²) >= 11 is 0. The van der Waals surface area contributed by atoms with Crippen molar-refractivity contribution in [2.45, 2.75) is 46.1 Å². The lowest BCUT2D eigenvalue weighted by Gasteiger charge is -2.23. The Morgan fingerprint density at radius 3 is 3.08 bits per heavy atom. The zero-order valence-electron chi connectivity index (χ0n) is 15.4. The third-order valence-electron chi connectivity index (χ3n) is 4.38. The Labute approximate surface area is 145 Å². The molecule has 1 unspecified atom stereocenters. The minimum atomic E-state index is 0.561. The van der Waals surface area contributed by atoms with E-state index in [9.17, 15) is 0 Å². The summed E-state index contributed by atoms with van der Waals surface area (Å²) in [5.74, 6) is 2.57. The molecule has 0 aromatic carbocycles. The number of hydrogen-bond acceptors (Lipinski definition) is 4. The summed E-state index contributed by atoms with van der Waals surface area (Å²) in [5, 5.41) is 11.6. The molecule has 0 radical (unpaired) electrons. The predicted molar refractivity (Wildman–Crippen MR) is 96.2 cm³/mol. The van der Waals surface area contributed by atoms with E-state index in [-0.39, 0.29) is 0 Å². The molecule has 1 aliphatic rings. The maximum Gasteiger partial charge on any atom is 0.193 e. The summed E-state index contributed by atoms with van der Waals surface area (Å²) in [5.41, 5.74) is 0. The van der Waals surface area contributed by atoms with E-state index in [1.807, 2.05) is 0 Å². The van der Waals surface area contributed by atoms with Crippen molar-refractivity contribution in [2.24, 2.45) is 10.9 Å². The second-order valence-corrected chi connectivity index (χ2v) is 6.39. The van der Waals surface area contributed by atoms with Crippen LogP contribution in [0, 0.1) is 5.92 Å². The molecular weight excluding hydrogens is 304 g/mol. The minimum absolute atomic E-state index is 0.561. The first-order valence-corrected chi connectivity index (χ1v) is 9.18. The lowest BCUT2D eigenvalue weighted by atomic mass is 10.1. The number of rotatable bonds is 9. The van der Waals surface area contributed by atoms with E-state index in [1.165, 1.54) is 12.8 Å². The van der Waals surface area contributed by atoms with Crippen LogP contribution in [0.15, 0.2) is 11.3 Å². The van der Waals surface area contributed by atoms with Gasteiger partial charge >= 0.3 is 0 Å². The van der Waals surface area contributed by atoms with E-state index in [1.54, 1.807) is 6.33 Å². The van der Waals surface area contributed by atoms with E-state index in [4.69, 9.17) is 9.73 Å². The summed E-state index contributed by atoms with van der Waals surface area (Å²) in [6, 6.07) is 0. The van der Waals surface area contributed by atoms with Gasteiger partial charge in [0, 0.05) is 52.2 Å². The minimum Gasteiger partial charge on any atom is -0.381 e. The summed E-state index contributed by atoms with van der Waals surface area (Å²) in [7, 11) is 2.11. The van der Waals surface area contributed by atoms with Gasteiger partial charge in [-0.15, -0.1) is 10.2 Å². The first-order valence-electron chi connectivity index (χ1n) is 9.18. The van der Waals surface area contributed by atoms with Gasteiger partial charge in [0.05, 0.1) is 6.61 Å². The standard InChI is InChI=1S/C17H32N6O/c1-4-6-9-22(3)17(19-12-15-7-11-24-13-15)18-8-10-23-14-20-21-16(23)5-2/h14-15H,4-13H2,1-3H3,(H,18,19). The molecule has 1 aromatic rings. The van der Waals surface area contributed by atoms with E-state index in [0.717, 1.165) is 64.0 Å². The van der Waals surface area contributed by atoms with Gasteiger partial charge in [-0.1, -0.05) is 20.3 Å². The molecule has 1 fully saturated rings. The summed E-state index contributed by atoms with van der Waals surface area (Å²) in [4.78, 5) is 7.06. The molecule has 1 saturated heterocycles. The van der Waals surface area contributed by atoms with E-state index in [0.29, 0.717) is 5.92 Å². The van der Waals surface area contributed by atoms with Crippen molar-refractivity contribution in [3.63, 3.8) is 0 Å². The topological polar surface area (TPSA) is 67.6 Å². The van der Waals surface area contributed by atoms with E-state index >= 15 is 0 Å². The lowest BCUT2D eigenvalue weighted by Crippen LogP contribution is -2.41. The normalized spacial score (nSPS) is 18.1. The van der Waals surface area contributed by atoms with Crippen molar-refractivity contribution in [1.29, 1.82) is 0 Å². The van der Waals surface area contributed by atoms with Crippen LogP contribution in [-0.4, -0.2) is 65.5 Å². The Kier molecular flexibility index (Phi) is 8.01. The predicted octanol–water partition coefficient (Wildman–Crippen LogP) is 1.55. The molecule has 2 heterocycles. The third-order valence-corrected chi connectivity index (χ3v) is 4.38. The number of guanidine groups is 1. The number of unbranched alkanes of at least 4 members (excludes halogenated alkanes) is 1. The van der Waals surface area contributed by atoms with Crippen LogP contribution in [-0.2, 0) is 17.7 Å². The average molecular weight is 336 g/mol. The number of nitrogens with zero attached hydrogens (tertiary/aromatic N) is 5. The molecule has 1 atom stereocenters.